The van der Waals surface area contributed by atoms with Crippen molar-refractivity contribution < 1.29 is 32.2 Å². The van der Waals surface area contributed by atoms with E-state index in [2.05, 4.69) is 10.2 Å². The van der Waals surface area contributed by atoms with Gasteiger partial charge < -0.3 is 24.4 Å². The number of alkyl halides is 3. The number of hydrogen-bond donors (Lipinski definition) is 1. The van der Waals surface area contributed by atoms with E-state index in [9.17, 15) is 18.0 Å². The number of ether oxygens (including phenoxy) is 3. The van der Waals surface area contributed by atoms with Gasteiger partial charge in [0.05, 0.1) is 43.7 Å². The van der Waals surface area contributed by atoms with Crippen LogP contribution in [0.4, 0.5) is 24.5 Å². The standard InChI is InChI=1S/C22H31F3N2O4/c1-3-30-19-14-18(27-9-11-29-12-10-27)20(31-4-2)13-17(19)26-21(28)15-7-5-6-8-16(15)22(23,24)25/h13-16H,3-12H2,1-2H3,(H,26,28). The van der Waals surface area contributed by atoms with Crippen molar-refractivity contribution in [2.45, 2.75) is 45.7 Å². The summed E-state index contributed by atoms with van der Waals surface area (Å²) in [6.07, 6.45) is -3.07. The van der Waals surface area contributed by atoms with Gasteiger partial charge in [0.15, 0.2) is 0 Å². The number of benzene rings is 1. The SMILES string of the molecule is CCOc1cc(N2CCOCC2)c(OCC)cc1NC(=O)C1CCCCC1C(F)(F)F. The Kier molecular flexibility index (Phi) is 7.91. The fourth-order valence-corrected chi connectivity index (χ4v) is 4.31. The van der Waals surface area contributed by atoms with Crippen molar-refractivity contribution in [3.8, 4) is 11.5 Å². The molecular formula is C22H31F3N2O4. The highest BCUT2D eigenvalue weighted by Gasteiger charge is 2.48. The maximum atomic E-state index is 13.5. The minimum atomic E-state index is -4.39. The Hall–Kier alpha value is -2.16. The van der Waals surface area contributed by atoms with Gasteiger partial charge in [0.1, 0.15) is 11.5 Å². The molecule has 0 radical (unpaired) electrons. The van der Waals surface area contributed by atoms with Crippen molar-refractivity contribution in [1.29, 1.82) is 0 Å². The molecule has 1 N–H and O–H groups in total. The third kappa shape index (κ3) is 5.75. The number of carbonyl (C=O) groups excluding carboxylic acids is 1. The normalized spacial score (nSPS) is 22.2. The Labute approximate surface area is 181 Å². The quantitative estimate of drug-likeness (QED) is 0.665. The van der Waals surface area contributed by atoms with Crippen molar-refractivity contribution in [1.82, 2.24) is 0 Å². The zero-order chi connectivity index (χ0) is 22.4. The average molecular weight is 444 g/mol. The molecule has 1 aliphatic heterocycles. The van der Waals surface area contributed by atoms with Gasteiger partial charge in [0, 0.05) is 31.1 Å². The minimum absolute atomic E-state index is 0.0138. The molecular weight excluding hydrogens is 413 g/mol. The van der Waals surface area contributed by atoms with Crippen molar-refractivity contribution in [2.75, 3.05) is 49.7 Å². The molecule has 2 aliphatic rings. The molecule has 1 heterocycles. The van der Waals surface area contributed by atoms with Crippen LogP contribution in [0.3, 0.4) is 0 Å². The van der Waals surface area contributed by atoms with E-state index in [0.717, 1.165) is 5.69 Å². The number of anilines is 2. The van der Waals surface area contributed by atoms with E-state index in [-0.39, 0.29) is 12.8 Å². The highest BCUT2D eigenvalue weighted by molar-refractivity contribution is 5.95. The van der Waals surface area contributed by atoms with Gasteiger partial charge >= 0.3 is 6.18 Å². The van der Waals surface area contributed by atoms with E-state index in [1.54, 1.807) is 12.1 Å². The van der Waals surface area contributed by atoms with Gasteiger partial charge in [-0.25, -0.2) is 0 Å². The molecule has 1 saturated carbocycles. The summed E-state index contributed by atoms with van der Waals surface area (Å²) in [5.74, 6) is -2.36. The largest absolute Gasteiger partial charge is 0.492 e. The second-order valence-electron chi connectivity index (χ2n) is 7.81. The molecule has 0 spiro atoms. The van der Waals surface area contributed by atoms with Crippen LogP contribution in [0, 0.1) is 11.8 Å². The molecule has 6 nitrogen and oxygen atoms in total. The Morgan fingerprint density at radius 2 is 1.74 bits per heavy atom. The highest BCUT2D eigenvalue weighted by atomic mass is 19.4. The zero-order valence-electron chi connectivity index (χ0n) is 18.1. The van der Waals surface area contributed by atoms with Crippen molar-refractivity contribution in [3.63, 3.8) is 0 Å². The van der Waals surface area contributed by atoms with E-state index < -0.39 is 23.9 Å². The summed E-state index contributed by atoms with van der Waals surface area (Å²) in [6.45, 7) is 7.00. The average Bonchev–Trinajstić information content (AvgIpc) is 2.75. The van der Waals surface area contributed by atoms with Gasteiger partial charge in [-0.05, 0) is 26.7 Å². The lowest BCUT2D eigenvalue weighted by molar-refractivity contribution is -0.197. The number of nitrogens with one attached hydrogen (secondary N) is 1. The van der Waals surface area contributed by atoms with Crippen molar-refractivity contribution in [2.24, 2.45) is 11.8 Å². The summed E-state index contributed by atoms with van der Waals surface area (Å²) in [5.41, 5.74) is 1.15. The molecule has 1 amide bonds. The summed E-state index contributed by atoms with van der Waals surface area (Å²) in [5, 5.41) is 2.71. The Bertz CT molecular complexity index is 751. The number of nitrogens with zero attached hydrogens (tertiary/aromatic N) is 1. The third-order valence-electron chi connectivity index (χ3n) is 5.79. The molecule has 1 aromatic rings. The van der Waals surface area contributed by atoms with Gasteiger partial charge in [-0.15, -0.1) is 0 Å². The first-order chi connectivity index (χ1) is 14.8. The van der Waals surface area contributed by atoms with Crippen LogP contribution in [0.15, 0.2) is 12.1 Å². The first-order valence-corrected chi connectivity index (χ1v) is 11.0. The van der Waals surface area contributed by atoms with Gasteiger partial charge in [0.25, 0.3) is 0 Å². The van der Waals surface area contributed by atoms with Gasteiger partial charge in [-0.3, -0.25) is 4.79 Å². The number of halogens is 3. The fraction of sp³-hybridized carbons (Fsp3) is 0.682. The summed E-state index contributed by atoms with van der Waals surface area (Å²) in [4.78, 5) is 15.0. The molecule has 174 valence electrons. The molecule has 9 heteroatoms. The van der Waals surface area contributed by atoms with Crippen LogP contribution in [-0.4, -0.2) is 51.6 Å². The number of hydrogen-bond acceptors (Lipinski definition) is 5. The predicted octanol–water partition coefficient (Wildman–Crippen LogP) is 4.63. The van der Waals surface area contributed by atoms with Crippen LogP contribution in [0.2, 0.25) is 0 Å². The van der Waals surface area contributed by atoms with E-state index in [4.69, 9.17) is 14.2 Å². The number of morpholine rings is 1. The molecule has 1 saturated heterocycles. The lowest BCUT2D eigenvalue weighted by atomic mass is 9.78. The van der Waals surface area contributed by atoms with Crippen LogP contribution in [0.5, 0.6) is 11.5 Å². The maximum absolute atomic E-state index is 13.5. The van der Waals surface area contributed by atoms with E-state index in [1.165, 1.54) is 0 Å². The second kappa shape index (κ2) is 10.4. The van der Waals surface area contributed by atoms with E-state index >= 15 is 0 Å². The predicted molar refractivity (Wildman–Crippen MR) is 112 cm³/mol. The Balaban J connectivity index is 1.89. The molecule has 31 heavy (non-hydrogen) atoms. The molecule has 3 rings (SSSR count). The Morgan fingerprint density at radius 3 is 2.39 bits per heavy atom. The smallest absolute Gasteiger partial charge is 0.392 e. The second-order valence-corrected chi connectivity index (χ2v) is 7.81. The molecule has 2 unspecified atom stereocenters. The van der Waals surface area contributed by atoms with Crippen LogP contribution >= 0.6 is 0 Å². The number of amides is 1. The van der Waals surface area contributed by atoms with Crippen LogP contribution in [0.25, 0.3) is 0 Å². The van der Waals surface area contributed by atoms with E-state index in [1.807, 2.05) is 13.8 Å². The van der Waals surface area contributed by atoms with E-state index in [0.29, 0.717) is 69.5 Å². The molecule has 0 aromatic heterocycles. The molecule has 0 bridgehead atoms. The molecule has 1 aromatic carbocycles. The van der Waals surface area contributed by atoms with Gasteiger partial charge in [0.2, 0.25) is 5.91 Å². The third-order valence-corrected chi connectivity index (χ3v) is 5.79. The number of rotatable bonds is 7. The van der Waals surface area contributed by atoms with Crippen LogP contribution < -0.4 is 19.7 Å². The minimum Gasteiger partial charge on any atom is -0.492 e. The summed E-state index contributed by atoms with van der Waals surface area (Å²) in [7, 11) is 0. The first-order valence-electron chi connectivity index (χ1n) is 11.0. The maximum Gasteiger partial charge on any atom is 0.392 e. The first kappa shape index (κ1) is 23.5. The highest BCUT2D eigenvalue weighted by Crippen LogP contribution is 2.43. The molecule has 1 aliphatic carbocycles. The monoisotopic (exact) mass is 444 g/mol. The number of carbonyl (C=O) groups is 1. The lowest BCUT2D eigenvalue weighted by Gasteiger charge is -2.33. The van der Waals surface area contributed by atoms with Crippen LogP contribution in [0.1, 0.15) is 39.5 Å². The zero-order valence-corrected chi connectivity index (χ0v) is 18.1. The molecule has 2 atom stereocenters. The molecule has 2 fully saturated rings. The summed E-state index contributed by atoms with van der Waals surface area (Å²) < 4.78 is 57.4. The van der Waals surface area contributed by atoms with Crippen molar-refractivity contribution >= 4 is 17.3 Å². The van der Waals surface area contributed by atoms with Crippen LogP contribution in [-0.2, 0) is 9.53 Å². The Morgan fingerprint density at radius 1 is 1.10 bits per heavy atom. The topological polar surface area (TPSA) is 60.0 Å². The summed E-state index contributed by atoms with van der Waals surface area (Å²) >= 11 is 0. The summed E-state index contributed by atoms with van der Waals surface area (Å²) in [6, 6.07) is 3.44. The van der Waals surface area contributed by atoms with Gasteiger partial charge in [-0.1, -0.05) is 12.8 Å². The van der Waals surface area contributed by atoms with Gasteiger partial charge in [-0.2, -0.15) is 13.2 Å². The van der Waals surface area contributed by atoms with Crippen molar-refractivity contribution in [3.05, 3.63) is 12.1 Å². The fourth-order valence-electron chi connectivity index (χ4n) is 4.31. The lowest BCUT2D eigenvalue weighted by Crippen LogP contribution is -2.39.